The summed E-state index contributed by atoms with van der Waals surface area (Å²) in [5.41, 5.74) is 5.64. The van der Waals surface area contributed by atoms with Crippen LogP contribution >= 0.6 is 0 Å². The van der Waals surface area contributed by atoms with E-state index in [4.69, 9.17) is 0 Å². The summed E-state index contributed by atoms with van der Waals surface area (Å²) in [4.78, 5) is 0. The zero-order valence-electron chi connectivity index (χ0n) is 8.77. The molecule has 0 saturated heterocycles. The Labute approximate surface area is 92.3 Å². The van der Waals surface area contributed by atoms with Crippen LogP contribution in [0.4, 0.5) is 0 Å². The molecular weight excluding hydrogens is 180 g/mol. The van der Waals surface area contributed by atoms with Crippen molar-refractivity contribution in [1.29, 1.82) is 0 Å². The molecular formula is C15H13. The first kappa shape index (κ1) is 10.3. The van der Waals surface area contributed by atoms with Gasteiger partial charge in [0.25, 0.3) is 0 Å². The lowest BCUT2D eigenvalue weighted by Crippen LogP contribution is -1.82. The molecule has 73 valence electrons. The molecule has 1 aromatic carbocycles. The van der Waals surface area contributed by atoms with Gasteiger partial charge in [-0.1, -0.05) is 29.8 Å². The number of hydrogen-bond acceptors (Lipinski definition) is 0. The highest BCUT2D eigenvalue weighted by Crippen LogP contribution is 2.23. The highest BCUT2D eigenvalue weighted by Gasteiger charge is 2.12. The molecule has 1 aliphatic carbocycles. The minimum absolute atomic E-state index is 1.18. The summed E-state index contributed by atoms with van der Waals surface area (Å²) in [6.07, 6.45) is 12.2. The Bertz CT molecular complexity index is 358. The molecule has 0 spiro atoms. The van der Waals surface area contributed by atoms with E-state index in [2.05, 4.69) is 49.8 Å². The average Bonchev–Trinajstić information content (AvgIpc) is 2.74. The number of aryl methyl sites for hydroxylation is 1. The molecule has 1 saturated carbocycles. The molecule has 15 heavy (non-hydrogen) atoms. The van der Waals surface area contributed by atoms with E-state index in [1.54, 1.807) is 0 Å². The van der Waals surface area contributed by atoms with Crippen molar-refractivity contribution >= 4 is 6.08 Å². The normalized spacial score (nSPS) is 16.1. The third-order valence-corrected chi connectivity index (χ3v) is 2.27. The van der Waals surface area contributed by atoms with Crippen molar-refractivity contribution in [2.24, 2.45) is 0 Å². The molecule has 0 aromatic heterocycles. The molecule has 0 aliphatic heterocycles. The average molecular weight is 193 g/mol. The Balaban J connectivity index is 2.00. The minimum Gasteiger partial charge on any atom is -0.124 e. The topological polar surface area (TPSA) is 0 Å². The fraction of sp³-hybridized carbons (Fsp3) is 0.0667. The van der Waals surface area contributed by atoms with Gasteiger partial charge < -0.3 is 0 Å². The first-order valence-electron chi connectivity index (χ1n) is 5.05. The maximum Gasteiger partial charge on any atom is 0.0128 e. The molecule has 0 atom stereocenters. The van der Waals surface area contributed by atoms with Crippen LogP contribution in [0.5, 0.6) is 0 Å². The number of rotatable bonds is 2. The Morgan fingerprint density at radius 3 is 2.27 bits per heavy atom. The predicted octanol–water partition coefficient (Wildman–Crippen LogP) is 3.57. The number of allylic oxidation sites excluding steroid dienone is 1. The van der Waals surface area contributed by atoms with Crippen LogP contribution in [0.25, 0.3) is 6.08 Å². The minimum atomic E-state index is 1.18. The molecule has 0 nitrogen and oxygen atoms in total. The van der Waals surface area contributed by atoms with Crippen LogP contribution in [0.15, 0.2) is 36.1 Å². The molecule has 1 fully saturated rings. The lowest BCUT2D eigenvalue weighted by molar-refractivity contribution is 1.38. The van der Waals surface area contributed by atoms with Crippen LogP contribution in [0, 0.1) is 38.5 Å². The van der Waals surface area contributed by atoms with Crippen LogP contribution in [0.1, 0.15) is 11.1 Å². The third-order valence-electron chi connectivity index (χ3n) is 2.27. The summed E-state index contributed by atoms with van der Waals surface area (Å²) >= 11 is 0. The molecule has 0 bridgehead atoms. The fourth-order valence-corrected chi connectivity index (χ4v) is 1.38. The Morgan fingerprint density at radius 1 is 0.933 bits per heavy atom. The van der Waals surface area contributed by atoms with Gasteiger partial charge in [-0.15, -0.1) is 5.73 Å². The van der Waals surface area contributed by atoms with Crippen molar-refractivity contribution in [3.63, 3.8) is 0 Å². The molecule has 0 heterocycles. The van der Waals surface area contributed by atoms with Crippen LogP contribution in [-0.2, 0) is 0 Å². The highest BCUT2D eigenvalue weighted by molar-refractivity contribution is 5.51. The van der Waals surface area contributed by atoms with Gasteiger partial charge in [0.1, 0.15) is 0 Å². The van der Waals surface area contributed by atoms with Crippen molar-refractivity contribution in [1.82, 2.24) is 0 Å². The number of benzene rings is 1. The van der Waals surface area contributed by atoms with Crippen LogP contribution in [-0.4, -0.2) is 0 Å². The van der Waals surface area contributed by atoms with Crippen LogP contribution < -0.4 is 0 Å². The van der Waals surface area contributed by atoms with Gasteiger partial charge in [-0.25, -0.2) is 0 Å². The summed E-state index contributed by atoms with van der Waals surface area (Å²) in [7, 11) is 0. The SMILES string of the molecule is Cc1ccc(C=C=C[C]2[CH][CH][CH][CH]2)cc1. The molecule has 1 aliphatic rings. The predicted molar refractivity (Wildman–Crippen MR) is 64.2 cm³/mol. The maximum atomic E-state index is 3.17. The second-order valence-corrected chi connectivity index (χ2v) is 3.58. The standard InChI is InChI=1S/C15H13/c1-13-9-11-15(12-10-13)8-4-7-14-5-2-3-6-14/h2-3,5-12H,1H3. The summed E-state index contributed by atoms with van der Waals surface area (Å²) in [5.74, 6) is 1.19. The summed E-state index contributed by atoms with van der Waals surface area (Å²) in [6, 6.07) is 8.41. The first-order chi connectivity index (χ1) is 7.34. The molecule has 0 N–H and O–H groups in total. The van der Waals surface area contributed by atoms with Crippen molar-refractivity contribution in [2.45, 2.75) is 6.92 Å². The lowest BCUT2D eigenvalue weighted by Gasteiger charge is -1.95. The van der Waals surface area contributed by atoms with Crippen LogP contribution in [0.2, 0.25) is 0 Å². The molecule has 2 rings (SSSR count). The van der Waals surface area contributed by atoms with Gasteiger partial charge in [-0.2, -0.15) is 0 Å². The molecule has 0 unspecified atom stereocenters. The maximum absolute atomic E-state index is 3.17. The summed E-state index contributed by atoms with van der Waals surface area (Å²) < 4.78 is 0. The van der Waals surface area contributed by atoms with E-state index >= 15 is 0 Å². The smallest absolute Gasteiger partial charge is 0.0128 e. The zero-order chi connectivity index (χ0) is 10.5. The highest BCUT2D eigenvalue weighted by atomic mass is 14.2. The van der Waals surface area contributed by atoms with E-state index in [9.17, 15) is 0 Å². The van der Waals surface area contributed by atoms with Gasteiger partial charge in [-0.3, -0.25) is 0 Å². The Morgan fingerprint density at radius 2 is 1.60 bits per heavy atom. The van der Waals surface area contributed by atoms with Gasteiger partial charge in [-0.05, 0) is 50.3 Å². The molecule has 0 amide bonds. The van der Waals surface area contributed by atoms with Crippen molar-refractivity contribution in [3.8, 4) is 0 Å². The van der Waals surface area contributed by atoms with Crippen molar-refractivity contribution in [2.75, 3.05) is 0 Å². The summed E-state index contributed by atoms with van der Waals surface area (Å²) in [6.45, 7) is 2.09. The van der Waals surface area contributed by atoms with Gasteiger partial charge in [0.05, 0.1) is 0 Å². The molecule has 5 radical (unpaired) electrons. The fourth-order valence-electron chi connectivity index (χ4n) is 1.38. The second kappa shape index (κ2) is 5.00. The van der Waals surface area contributed by atoms with E-state index in [-0.39, 0.29) is 0 Å². The summed E-state index contributed by atoms with van der Waals surface area (Å²) in [5, 5.41) is 0. The molecule has 0 heteroatoms. The van der Waals surface area contributed by atoms with Crippen molar-refractivity contribution < 1.29 is 0 Å². The Hall–Kier alpha value is -1.26. The molecule has 1 aromatic rings. The van der Waals surface area contributed by atoms with Crippen LogP contribution in [0.3, 0.4) is 0 Å². The van der Waals surface area contributed by atoms with Gasteiger partial charge in [0, 0.05) is 5.92 Å². The van der Waals surface area contributed by atoms with E-state index in [0.717, 1.165) is 0 Å². The first-order valence-corrected chi connectivity index (χ1v) is 5.05. The van der Waals surface area contributed by atoms with Gasteiger partial charge in [0.2, 0.25) is 0 Å². The van der Waals surface area contributed by atoms with Gasteiger partial charge >= 0.3 is 0 Å². The van der Waals surface area contributed by atoms with E-state index in [1.165, 1.54) is 17.0 Å². The largest absolute Gasteiger partial charge is 0.124 e. The van der Waals surface area contributed by atoms with Crippen molar-refractivity contribution in [3.05, 3.63) is 78.8 Å². The van der Waals surface area contributed by atoms with Gasteiger partial charge in [0.15, 0.2) is 0 Å². The van der Waals surface area contributed by atoms with E-state index in [0.29, 0.717) is 0 Å². The monoisotopic (exact) mass is 193 g/mol. The number of hydrogen-bond donors (Lipinski definition) is 0. The van der Waals surface area contributed by atoms with E-state index in [1.807, 2.05) is 25.0 Å². The quantitative estimate of drug-likeness (QED) is 0.630. The van der Waals surface area contributed by atoms with E-state index < -0.39 is 0 Å². The third kappa shape index (κ3) is 3.11. The zero-order valence-corrected chi connectivity index (χ0v) is 8.77. The lowest BCUT2D eigenvalue weighted by atomic mass is 10.1. The second-order valence-electron chi connectivity index (χ2n) is 3.58. The Kier molecular flexibility index (Phi) is 3.42.